The lowest BCUT2D eigenvalue weighted by atomic mass is 10.0. The largest absolute Gasteiger partial charge is 0.419 e. The van der Waals surface area contributed by atoms with Crippen molar-refractivity contribution in [1.29, 1.82) is 0 Å². The number of carbonyl (C=O) groups excluding carboxylic acids is 1. The average Bonchev–Trinajstić information content (AvgIpc) is 2.94. The molecule has 2 aromatic heterocycles. The van der Waals surface area contributed by atoms with Gasteiger partial charge in [-0.25, -0.2) is 9.59 Å². The topological polar surface area (TPSA) is 89.2 Å². The fourth-order valence-corrected chi connectivity index (χ4v) is 2.89. The van der Waals surface area contributed by atoms with E-state index in [1.165, 1.54) is 4.57 Å². The van der Waals surface area contributed by atoms with Crippen LogP contribution in [0.4, 0.5) is 10.5 Å². The minimum atomic E-state index is -0.404. The second-order valence-corrected chi connectivity index (χ2v) is 6.37. The minimum absolute atomic E-state index is 0.176. The van der Waals surface area contributed by atoms with Gasteiger partial charge in [-0.15, -0.1) is 0 Å². The number of amides is 2. The second-order valence-electron chi connectivity index (χ2n) is 6.37. The number of fused-ring (bicyclic) bond motifs is 1. The van der Waals surface area contributed by atoms with Crippen LogP contribution in [0.25, 0.3) is 11.1 Å². The standard InChI is InChI=1S/C19H22N4O3/c1-4-23-15-9-8-13(11-16(15)26-19(23)25)21-18(24)22-17(12(2)3)14-7-5-6-10-20-14/h5-12,17H,4H2,1-3H3,(H2,21,22,24)/t17-/m0/s1. The summed E-state index contributed by atoms with van der Waals surface area (Å²) in [5.74, 6) is -0.228. The van der Waals surface area contributed by atoms with Crippen LogP contribution in [0.3, 0.4) is 0 Å². The summed E-state index contributed by atoms with van der Waals surface area (Å²) in [6.07, 6.45) is 1.71. The van der Waals surface area contributed by atoms with Gasteiger partial charge in [0.2, 0.25) is 0 Å². The number of oxazole rings is 1. The number of urea groups is 1. The van der Waals surface area contributed by atoms with E-state index in [2.05, 4.69) is 15.6 Å². The fourth-order valence-electron chi connectivity index (χ4n) is 2.89. The highest BCUT2D eigenvalue weighted by Crippen LogP contribution is 2.21. The SMILES string of the molecule is CCn1c(=O)oc2cc(NC(=O)N[C@H](c3ccccn3)C(C)C)ccc21. The number of aryl methyl sites for hydroxylation is 1. The maximum absolute atomic E-state index is 12.4. The third-order valence-electron chi connectivity index (χ3n) is 4.20. The van der Waals surface area contributed by atoms with Gasteiger partial charge < -0.3 is 15.1 Å². The van der Waals surface area contributed by atoms with E-state index in [0.29, 0.717) is 23.3 Å². The summed E-state index contributed by atoms with van der Waals surface area (Å²) in [7, 11) is 0. The van der Waals surface area contributed by atoms with Gasteiger partial charge in [0.25, 0.3) is 0 Å². The van der Waals surface area contributed by atoms with Crippen molar-refractivity contribution in [3.8, 4) is 0 Å². The first-order valence-corrected chi connectivity index (χ1v) is 8.61. The van der Waals surface area contributed by atoms with Crippen LogP contribution in [-0.2, 0) is 6.54 Å². The number of aromatic nitrogens is 2. The molecule has 0 radical (unpaired) electrons. The first kappa shape index (κ1) is 17.7. The first-order valence-electron chi connectivity index (χ1n) is 8.61. The number of pyridine rings is 1. The van der Waals surface area contributed by atoms with Crippen molar-refractivity contribution in [2.24, 2.45) is 5.92 Å². The quantitative estimate of drug-likeness (QED) is 0.733. The zero-order valence-electron chi connectivity index (χ0n) is 15.0. The minimum Gasteiger partial charge on any atom is -0.408 e. The molecule has 26 heavy (non-hydrogen) atoms. The highest BCUT2D eigenvalue weighted by atomic mass is 16.4. The number of rotatable bonds is 5. The lowest BCUT2D eigenvalue weighted by Crippen LogP contribution is -2.35. The lowest BCUT2D eigenvalue weighted by Gasteiger charge is -2.22. The van der Waals surface area contributed by atoms with Crippen molar-refractivity contribution in [2.75, 3.05) is 5.32 Å². The first-order chi connectivity index (χ1) is 12.5. The molecule has 0 bridgehead atoms. The molecule has 0 saturated heterocycles. The van der Waals surface area contributed by atoms with Gasteiger partial charge in [-0.2, -0.15) is 0 Å². The molecule has 0 fully saturated rings. The molecule has 0 spiro atoms. The smallest absolute Gasteiger partial charge is 0.408 e. The van der Waals surface area contributed by atoms with Crippen molar-refractivity contribution >= 4 is 22.8 Å². The van der Waals surface area contributed by atoms with E-state index in [1.807, 2.05) is 39.0 Å². The number of hydrogen-bond acceptors (Lipinski definition) is 4. The summed E-state index contributed by atoms with van der Waals surface area (Å²) < 4.78 is 6.76. The Morgan fingerprint density at radius 2 is 2.08 bits per heavy atom. The van der Waals surface area contributed by atoms with Gasteiger partial charge >= 0.3 is 11.8 Å². The van der Waals surface area contributed by atoms with E-state index < -0.39 is 5.76 Å². The summed E-state index contributed by atoms with van der Waals surface area (Å²) in [6.45, 7) is 6.44. The highest BCUT2D eigenvalue weighted by Gasteiger charge is 2.19. The molecule has 0 unspecified atom stereocenters. The number of nitrogens with zero attached hydrogens (tertiary/aromatic N) is 2. The zero-order valence-corrected chi connectivity index (χ0v) is 15.0. The van der Waals surface area contributed by atoms with E-state index in [1.54, 1.807) is 24.4 Å². The van der Waals surface area contributed by atoms with Gasteiger partial charge in [-0.1, -0.05) is 19.9 Å². The van der Waals surface area contributed by atoms with E-state index in [9.17, 15) is 9.59 Å². The van der Waals surface area contributed by atoms with Crippen LogP contribution in [0.5, 0.6) is 0 Å². The van der Waals surface area contributed by atoms with Crippen molar-refractivity contribution in [2.45, 2.75) is 33.4 Å². The van der Waals surface area contributed by atoms with Crippen molar-refractivity contribution in [1.82, 2.24) is 14.9 Å². The van der Waals surface area contributed by atoms with Gasteiger partial charge in [-0.3, -0.25) is 9.55 Å². The Morgan fingerprint density at radius 3 is 2.73 bits per heavy atom. The molecule has 2 heterocycles. The Balaban J connectivity index is 1.77. The molecule has 2 N–H and O–H groups in total. The predicted molar refractivity (Wildman–Crippen MR) is 100 cm³/mol. The zero-order chi connectivity index (χ0) is 18.7. The molecule has 0 aliphatic heterocycles. The Morgan fingerprint density at radius 1 is 1.27 bits per heavy atom. The van der Waals surface area contributed by atoms with E-state index >= 15 is 0 Å². The number of hydrogen-bond donors (Lipinski definition) is 2. The monoisotopic (exact) mass is 354 g/mol. The molecule has 0 aliphatic carbocycles. The number of nitrogens with one attached hydrogen (secondary N) is 2. The Hall–Kier alpha value is -3.09. The molecule has 3 aromatic rings. The molecule has 0 aliphatic rings. The van der Waals surface area contributed by atoms with Gasteiger partial charge in [0.15, 0.2) is 5.58 Å². The number of benzene rings is 1. The summed E-state index contributed by atoms with van der Waals surface area (Å²) in [5, 5.41) is 5.73. The molecule has 7 nitrogen and oxygen atoms in total. The molecule has 1 aromatic carbocycles. The Labute approximate surface area is 151 Å². The highest BCUT2D eigenvalue weighted by molar-refractivity contribution is 5.91. The summed E-state index contributed by atoms with van der Waals surface area (Å²) in [5.41, 5.74) is 2.51. The Kier molecular flexibility index (Phi) is 5.06. The van der Waals surface area contributed by atoms with E-state index in [-0.39, 0.29) is 18.0 Å². The van der Waals surface area contributed by atoms with Crippen LogP contribution in [-0.4, -0.2) is 15.6 Å². The summed E-state index contributed by atoms with van der Waals surface area (Å²) in [4.78, 5) is 28.5. The van der Waals surface area contributed by atoms with Crippen molar-refractivity contribution in [3.63, 3.8) is 0 Å². The van der Waals surface area contributed by atoms with Crippen molar-refractivity contribution in [3.05, 3.63) is 58.8 Å². The average molecular weight is 354 g/mol. The second kappa shape index (κ2) is 7.43. The van der Waals surface area contributed by atoms with Gasteiger partial charge in [0.05, 0.1) is 17.3 Å². The number of anilines is 1. The number of carbonyl (C=O) groups is 1. The summed E-state index contributed by atoms with van der Waals surface area (Å²) in [6, 6.07) is 10.2. The van der Waals surface area contributed by atoms with E-state index in [4.69, 9.17) is 4.42 Å². The molecule has 0 saturated carbocycles. The van der Waals surface area contributed by atoms with Gasteiger partial charge in [0.1, 0.15) is 0 Å². The third-order valence-corrected chi connectivity index (χ3v) is 4.20. The van der Waals surface area contributed by atoms with Crippen LogP contribution in [0.15, 0.2) is 51.8 Å². The molecule has 1 atom stereocenters. The molecule has 136 valence electrons. The summed E-state index contributed by atoms with van der Waals surface area (Å²) >= 11 is 0. The van der Waals surface area contributed by atoms with Crippen molar-refractivity contribution < 1.29 is 9.21 Å². The predicted octanol–water partition coefficient (Wildman–Crippen LogP) is 3.53. The van der Waals surface area contributed by atoms with Gasteiger partial charge in [0, 0.05) is 24.5 Å². The third kappa shape index (κ3) is 3.61. The normalized spacial score (nSPS) is 12.3. The van der Waals surface area contributed by atoms with Gasteiger partial charge in [-0.05, 0) is 37.1 Å². The van der Waals surface area contributed by atoms with Crippen LogP contribution in [0, 0.1) is 5.92 Å². The maximum atomic E-state index is 12.4. The molecule has 2 amide bonds. The Bertz CT molecular complexity index is 960. The lowest BCUT2D eigenvalue weighted by molar-refractivity contribution is 0.244. The maximum Gasteiger partial charge on any atom is 0.419 e. The fraction of sp³-hybridized carbons (Fsp3) is 0.316. The molecular weight excluding hydrogens is 332 g/mol. The molecule has 3 rings (SSSR count). The van der Waals surface area contributed by atoms with Crippen LogP contribution < -0.4 is 16.4 Å². The molecule has 7 heteroatoms. The van der Waals surface area contributed by atoms with Crippen LogP contribution >= 0.6 is 0 Å². The van der Waals surface area contributed by atoms with E-state index in [0.717, 1.165) is 5.69 Å². The molecular formula is C19H22N4O3. The van der Waals surface area contributed by atoms with Crippen LogP contribution in [0.1, 0.15) is 32.5 Å². The van der Waals surface area contributed by atoms with Crippen LogP contribution in [0.2, 0.25) is 0 Å².